The zero-order chi connectivity index (χ0) is 12.3. The lowest BCUT2D eigenvalue weighted by Crippen LogP contribution is -2.09. The maximum Gasteiger partial charge on any atom is 0.166 e. The Kier molecular flexibility index (Phi) is 3.35. The molecule has 0 fully saturated rings. The maximum absolute atomic E-state index is 13.7. The number of thiocarbonyl (C=S) groups is 1. The number of nitrogens with two attached hydrogens (primary N) is 1. The van der Waals surface area contributed by atoms with Gasteiger partial charge in [-0.25, -0.2) is 4.39 Å². The topological polar surface area (TPSA) is 35.2 Å². The van der Waals surface area contributed by atoms with Gasteiger partial charge in [0.25, 0.3) is 0 Å². The van der Waals surface area contributed by atoms with E-state index in [9.17, 15) is 4.39 Å². The summed E-state index contributed by atoms with van der Waals surface area (Å²) in [6, 6.07) is 13.4. The molecule has 2 rings (SSSR count). The molecule has 0 aromatic heterocycles. The summed E-state index contributed by atoms with van der Waals surface area (Å²) in [6.07, 6.45) is 0. The second-order valence-electron chi connectivity index (χ2n) is 3.42. The quantitative estimate of drug-likeness (QED) is 0.845. The van der Waals surface area contributed by atoms with E-state index < -0.39 is 5.82 Å². The molecule has 2 nitrogen and oxygen atoms in total. The van der Waals surface area contributed by atoms with Crippen molar-refractivity contribution in [3.8, 4) is 11.5 Å². The molecule has 2 aromatic carbocycles. The molecule has 0 aliphatic rings. The maximum atomic E-state index is 13.7. The predicted molar refractivity (Wildman–Crippen MR) is 68.8 cm³/mol. The van der Waals surface area contributed by atoms with Crippen molar-refractivity contribution < 1.29 is 9.13 Å². The van der Waals surface area contributed by atoms with E-state index in [1.165, 1.54) is 12.1 Å². The molecule has 4 heteroatoms. The Morgan fingerprint density at radius 2 is 1.82 bits per heavy atom. The Hall–Kier alpha value is -1.94. The molecular weight excluding hydrogens is 237 g/mol. The van der Waals surface area contributed by atoms with Crippen molar-refractivity contribution in [2.75, 3.05) is 0 Å². The van der Waals surface area contributed by atoms with Crippen LogP contribution in [0.2, 0.25) is 0 Å². The highest BCUT2D eigenvalue weighted by Crippen LogP contribution is 2.24. The van der Waals surface area contributed by atoms with E-state index in [-0.39, 0.29) is 10.7 Å². The van der Waals surface area contributed by atoms with Gasteiger partial charge in [-0.1, -0.05) is 30.4 Å². The van der Waals surface area contributed by atoms with Gasteiger partial charge in [-0.3, -0.25) is 0 Å². The minimum atomic E-state index is -0.487. The Bertz CT molecular complexity index is 542. The molecule has 86 valence electrons. The van der Waals surface area contributed by atoms with Crippen molar-refractivity contribution in [1.29, 1.82) is 0 Å². The summed E-state index contributed by atoms with van der Waals surface area (Å²) in [6.45, 7) is 0. The number of para-hydroxylation sites is 1. The van der Waals surface area contributed by atoms with Gasteiger partial charge in [0.15, 0.2) is 11.6 Å². The predicted octanol–water partition coefficient (Wildman–Crippen LogP) is 3.25. The first-order chi connectivity index (χ1) is 8.16. The molecule has 0 heterocycles. The van der Waals surface area contributed by atoms with Gasteiger partial charge in [0.05, 0.1) is 0 Å². The summed E-state index contributed by atoms with van der Waals surface area (Å²) < 4.78 is 19.0. The largest absolute Gasteiger partial charge is 0.454 e. The van der Waals surface area contributed by atoms with E-state index in [0.717, 1.165) is 0 Å². The summed E-state index contributed by atoms with van der Waals surface area (Å²) in [4.78, 5) is 0.162. The first-order valence-electron chi connectivity index (χ1n) is 4.99. The number of ether oxygens (including phenoxy) is 1. The van der Waals surface area contributed by atoms with Gasteiger partial charge >= 0.3 is 0 Å². The van der Waals surface area contributed by atoms with Gasteiger partial charge in [-0.2, -0.15) is 0 Å². The smallest absolute Gasteiger partial charge is 0.166 e. The fourth-order valence-corrected chi connectivity index (χ4v) is 1.48. The summed E-state index contributed by atoms with van der Waals surface area (Å²) in [7, 11) is 0. The monoisotopic (exact) mass is 247 g/mol. The SMILES string of the molecule is NC(=S)c1ccc(Oc2ccccc2)c(F)c1. The molecule has 2 N–H and O–H groups in total. The summed E-state index contributed by atoms with van der Waals surface area (Å²) in [5.74, 6) is 0.241. The first kappa shape index (κ1) is 11.5. The van der Waals surface area contributed by atoms with Gasteiger partial charge < -0.3 is 10.5 Å². The molecule has 0 aliphatic carbocycles. The molecule has 0 spiro atoms. The third kappa shape index (κ3) is 2.79. The minimum Gasteiger partial charge on any atom is -0.454 e. The molecule has 0 atom stereocenters. The molecule has 0 radical (unpaired) electrons. The van der Waals surface area contributed by atoms with Crippen LogP contribution in [0.15, 0.2) is 48.5 Å². The van der Waals surface area contributed by atoms with Gasteiger partial charge in [-0.15, -0.1) is 0 Å². The normalized spacial score (nSPS) is 9.94. The third-order valence-corrected chi connectivity index (χ3v) is 2.42. The van der Waals surface area contributed by atoms with Crippen LogP contribution in [0.5, 0.6) is 11.5 Å². The van der Waals surface area contributed by atoms with E-state index in [1.807, 2.05) is 18.2 Å². The van der Waals surface area contributed by atoms with Crippen molar-refractivity contribution in [2.45, 2.75) is 0 Å². The fraction of sp³-hybridized carbons (Fsp3) is 0. The highest BCUT2D eigenvalue weighted by molar-refractivity contribution is 7.80. The standard InChI is InChI=1S/C13H10FNOS/c14-11-8-9(13(15)17)6-7-12(11)16-10-4-2-1-3-5-10/h1-8H,(H2,15,17). The number of rotatable bonds is 3. The number of benzene rings is 2. The lowest BCUT2D eigenvalue weighted by Gasteiger charge is -2.07. The van der Waals surface area contributed by atoms with E-state index >= 15 is 0 Å². The first-order valence-corrected chi connectivity index (χ1v) is 5.40. The van der Waals surface area contributed by atoms with Crippen LogP contribution in [0.25, 0.3) is 0 Å². The van der Waals surface area contributed by atoms with E-state index in [1.54, 1.807) is 18.2 Å². The van der Waals surface area contributed by atoms with Crippen LogP contribution in [-0.4, -0.2) is 4.99 Å². The zero-order valence-electron chi connectivity index (χ0n) is 8.89. The summed E-state index contributed by atoms with van der Waals surface area (Å²) in [5, 5.41) is 0. The molecule has 0 unspecified atom stereocenters. The molecule has 0 aliphatic heterocycles. The molecule has 0 saturated heterocycles. The second kappa shape index (κ2) is 4.93. The Morgan fingerprint density at radius 3 is 2.41 bits per heavy atom. The average molecular weight is 247 g/mol. The van der Waals surface area contributed by atoms with Crippen LogP contribution in [0, 0.1) is 5.82 Å². The van der Waals surface area contributed by atoms with Gasteiger partial charge in [0, 0.05) is 5.56 Å². The Labute approximate surface area is 104 Å². The van der Waals surface area contributed by atoms with Crippen LogP contribution in [0.3, 0.4) is 0 Å². The average Bonchev–Trinajstić information content (AvgIpc) is 2.33. The second-order valence-corrected chi connectivity index (χ2v) is 3.86. The molecule has 0 amide bonds. The molecule has 0 bridgehead atoms. The van der Waals surface area contributed by atoms with E-state index in [2.05, 4.69) is 0 Å². The Morgan fingerprint density at radius 1 is 1.12 bits per heavy atom. The summed E-state index contributed by atoms with van der Waals surface area (Å²) in [5.41, 5.74) is 5.89. The van der Waals surface area contributed by atoms with Gasteiger partial charge in [0.2, 0.25) is 0 Å². The lowest BCUT2D eigenvalue weighted by atomic mass is 10.2. The highest BCUT2D eigenvalue weighted by atomic mass is 32.1. The van der Waals surface area contributed by atoms with Crippen molar-refractivity contribution >= 4 is 17.2 Å². The summed E-state index contributed by atoms with van der Waals surface area (Å²) >= 11 is 4.76. The van der Waals surface area contributed by atoms with Crippen LogP contribution in [0.4, 0.5) is 4.39 Å². The van der Waals surface area contributed by atoms with Crippen molar-refractivity contribution in [3.63, 3.8) is 0 Å². The minimum absolute atomic E-state index is 0.149. The molecule has 0 saturated carbocycles. The fourth-order valence-electron chi connectivity index (χ4n) is 1.35. The highest BCUT2D eigenvalue weighted by Gasteiger charge is 2.07. The Balaban J connectivity index is 2.26. The van der Waals surface area contributed by atoms with Crippen molar-refractivity contribution in [3.05, 3.63) is 59.9 Å². The molecular formula is C13H10FNOS. The molecule has 17 heavy (non-hydrogen) atoms. The van der Waals surface area contributed by atoms with E-state index in [0.29, 0.717) is 11.3 Å². The van der Waals surface area contributed by atoms with Crippen molar-refractivity contribution in [2.24, 2.45) is 5.73 Å². The van der Waals surface area contributed by atoms with Gasteiger partial charge in [0.1, 0.15) is 10.7 Å². The third-order valence-electron chi connectivity index (χ3n) is 2.19. The van der Waals surface area contributed by atoms with Crippen molar-refractivity contribution in [1.82, 2.24) is 0 Å². The van der Waals surface area contributed by atoms with Gasteiger partial charge in [-0.05, 0) is 30.3 Å². The lowest BCUT2D eigenvalue weighted by molar-refractivity contribution is 0.442. The van der Waals surface area contributed by atoms with Crippen LogP contribution in [-0.2, 0) is 0 Å². The van der Waals surface area contributed by atoms with Crippen LogP contribution < -0.4 is 10.5 Å². The molecule has 2 aromatic rings. The number of halogens is 1. The number of hydrogen-bond acceptors (Lipinski definition) is 2. The van der Waals surface area contributed by atoms with Crippen LogP contribution in [0.1, 0.15) is 5.56 Å². The number of hydrogen-bond donors (Lipinski definition) is 1. The van der Waals surface area contributed by atoms with E-state index in [4.69, 9.17) is 22.7 Å². The zero-order valence-corrected chi connectivity index (χ0v) is 9.71. The van der Waals surface area contributed by atoms with Crippen LogP contribution >= 0.6 is 12.2 Å².